The maximum Gasteiger partial charge on any atom is 0.240 e. The highest BCUT2D eigenvalue weighted by Crippen LogP contribution is 2.31. The molecule has 5 heteroatoms. The van der Waals surface area contributed by atoms with Gasteiger partial charge in [0.2, 0.25) is 11.8 Å². The van der Waals surface area contributed by atoms with E-state index >= 15 is 0 Å². The van der Waals surface area contributed by atoms with Crippen molar-refractivity contribution in [3.05, 3.63) is 0 Å². The first-order valence-electron chi connectivity index (χ1n) is 5.27. The van der Waals surface area contributed by atoms with Crippen LogP contribution in [-0.4, -0.2) is 41.9 Å². The van der Waals surface area contributed by atoms with Crippen molar-refractivity contribution < 1.29 is 9.59 Å². The minimum Gasteiger partial charge on any atom is -0.368 e. The topological polar surface area (TPSA) is 75.4 Å². The minimum absolute atomic E-state index is 0.00509. The zero-order valence-corrected chi connectivity index (χ0v) is 9.12. The number of hydrogen-bond acceptors (Lipinski definition) is 3. The second kappa shape index (κ2) is 3.20. The van der Waals surface area contributed by atoms with Gasteiger partial charge in [0, 0.05) is 18.5 Å². The lowest BCUT2D eigenvalue weighted by molar-refractivity contribution is -0.153. The van der Waals surface area contributed by atoms with Gasteiger partial charge in [-0.1, -0.05) is 13.8 Å². The van der Waals surface area contributed by atoms with E-state index in [1.165, 1.54) is 0 Å². The van der Waals surface area contributed by atoms with E-state index in [0.717, 1.165) is 6.54 Å². The highest BCUT2D eigenvalue weighted by atomic mass is 16.2. The lowest BCUT2D eigenvalue weighted by Crippen LogP contribution is -2.70. The molecule has 84 valence electrons. The zero-order valence-electron chi connectivity index (χ0n) is 9.12. The van der Waals surface area contributed by atoms with Crippen molar-refractivity contribution >= 4 is 11.8 Å². The van der Waals surface area contributed by atoms with Crippen LogP contribution in [0, 0.1) is 5.41 Å². The first kappa shape index (κ1) is 10.4. The van der Waals surface area contributed by atoms with E-state index in [0.29, 0.717) is 13.0 Å². The van der Waals surface area contributed by atoms with E-state index in [2.05, 4.69) is 5.32 Å². The van der Waals surface area contributed by atoms with E-state index in [1.807, 2.05) is 13.8 Å². The van der Waals surface area contributed by atoms with E-state index in [1.54, 1.807) is 4.90 Å². The molecule has 0 saturated carbocycles. The molecule has 0 radical (unpaired) electrons. The Bertz CT molecular complexity index is 314. The smallest absolute Gasteiger partial charge is 0.240 e. The summed E-state index contributed by atoms with van der Waals surface area (Å²) in [5.74, 6) is -0.381. The van der Waals surface area contributed by atoms with E-state index in [9.17, 15) is 9.59 Å². The average molecular weight is 211 g/mol. The molecule has 0 aromatic carbocycles. The summed E-state index contributed by atoms with van der Waals surface area (Å²) >= 11 is 0. The van der Waals surface area contributed by atoms with Crippen molar-refractivity contribution in [2.24, 2.45) is 11.1 Å². The summed E-state index contributed by atoms with van der Waals surface area (Å²) in [6.07, 6.45) is 0.703. The maximum absolute atomic E-state index is 12.0. The molecule has 5 nitrogen and oxygen atoms in total. The molecule has 15 heavy (non-hydrogen) atoms. The van der Waals surface area contributed by atoms with Crippen LogP contribution in [0.2, 0.25) is 0 Å². The van der Waals surface area contributed by atoms with Gasteiger partial charge >= 0.3 is 0 Å². The van der Waals surface area contributed by atoms with Crippen LogP contribution in [0.3, 0.4) is 0 Å². The Morgan fingerprint density at radius 3 is 2.40 bits per heavy atom. The SMILES string of the molecule is CC1(C)CNC1C(=O)N1CCC1C(N)=O. The monoisotopic (exact) mass is 211 g/mol. The third kappa shape index (κ3) is 1.51. The van der Waals surface area contributed by atoms with Crippen molar-refractivity contribution in [2.75, 3.05) is 13.1 Å². The molecule has 0 bridgehead atoms. The Hall–Kier alpha value is -1.10. The van der Waals surface area contributed by atoms with Crippen molar-refractivity contribution in [2.45, 2.75) is 32.4 Å². The Labute approximate surface area is 89.0 Å². The van der Waals surface area contributed by atoms with Gasteiger partial charge < -0.3 is 16.0 Å². The van der Waals surface area contributed by atoms with Crippen LogP contribution in [-0.2, 0) is 9.59 Å². The largest absolute Gasteiger partial charge is 0.368 e. The summed E-state index contributed by atoms with van der Waals surface area (Å²) in [7, 11) is 0. The molecule has 2 aliphatic heterocycles. The molecule has 2 aliphatic rings. The summed E-state index contributed by atoms with van der Waals surface area (Å²) in [5.41, 5.74) is 5.19. The van der Waals surface area contributed by atoms with Crippen LogP contribution < -0.4 is 11.1 Å². The molecule has 2 rings (SSSR count). The zero-order chi connectivity index (χ0) is 11.2. The standard InChI is InChI=1S/C10H17N3O2/c1-10(2)5-12-7(10)9(15)13-4-3-6(13)8(11)14/h6-7,12H,3-5H2,1-2H3,(H2,11,14). The normalized spacial score (nSPS) is 32.8. The number of rotatable bonds is 2. The lowest BCUT2D eigenvalue weighted by atomic mass is 9.76. The van der Waals surface area contributed by atoms with Crippen LogP contribution in [0.15, 0.2) is 0 Å². The van der Waals surface area contributed by atoms with Gasteiger partial charge in [-0.05, 0) is 6.42 Å². The molecule has 2 fully saturated rings. The number of carbonyl (C=O) groups excluding carboxylic acids is 2. The third-order valence-electron chi connectivity index (χ3n) is 3.42. The second-order valence-corrected chi connectivity index (χ2v) is 5.04. The summed E-state index contributed by atoms with van der Waals surface area (Å²) in [6.45, 7) is 5.59. The van der Waals surface area contributed by atoms with E-state index < -0.39 is 5.91 Å². The predicted molar refractivity (Wildman–Crippen MR) is 54.9 cm³/mol. The molecule has 2 unspecified atom stereocenters. The van der Waals surface area contributed by atoms with Crippen molar-refractivity contribution in [3.63, 3.8) is 0 Å². The van der Waals surface area contributed by atoms with Gasteiger partial charge in [0.1, 0.15) is 6.04 Å². The molecule has 3 N–H and O–H groups in total. The summed E-state index contributed by atoms with van der Waals surface area (Å²) < 4.78 is 0. The second-order valence-electron chi connectivity index (χ2n) is 5.04. The maximum atomic E-state index is 12.0. The molecule has 0 spiro atoms. The molecule has 2 atom stereocenters. The number of nitrogens with zero attached hydrogens (tertiary/aromatic N) is 1. The first-order chi connectivity index (χ1) is 6.93. The molecule has 0 aliphatic carbocycles. The van der Waals surface area contributed by atoms with Crippen LogP contribution in [0.4, 0.5) is 0 Å². The molecular weight excluding hydrogens is 194 g/mol. The van der Waals surface area contributed by atoms with Crippen LogP contribution in [0.25, 0.3) is 0 Å². The van der Waals surface area contributed by atoms with Gasteiger partial charge in [-0.15, -0.1) is 0 Å². The van der Waals surface area contributed by atoms with E-state index in [4.69, 9.17) is 5.73 Å². The van der Waals surface area contributed by atoms with E-state index in [-0.39, 0.29) is 23.4 Å². The fourth-order valence-electron chi connectivity index (χ4n) is 2.15. The van der Waals surface area contributed by atoms with Gasteiger partial charge in [-0.25, -0.2) is 0 Å². The van der Waals surface area contributed by atoms with Crippen molar-refractivity contribution in [3.8, 4) is 0 Å². The van der Waals surface area contributed by atoms with Crippen LogP contribution in [0.5, 0.6) is 0 Å². The Kier molecular flexibility index (Phi) is 2.22. The third-order valence-corrected chi connectivity index (χ3v) is 3.42. The number of likely N-dealkylation sites (tertiary alicyclic amines) is 1. The molecule has 0 aromatic heterocycles. The fourth-order valence-corrected chi connectivity index (χ4v) is 2.15. The van der Waals surface area contributed by atoms with Gasteiger partial charge in [0.05, 0.1) is 6.04 Å². The number of primary amides is 1. The average Bonchev–Trinajstić information content (AvgIpc) is 1.98. The minimum atomic E-state index is -0.397. The van der Waals surface area contributed by atoms with Gasteiger partial charge in [0.15, 0.2) is 0 Å². The van der Waals surface area contributed by atoms with Gasteiger partial charge in [0.25, 0.3) is 0 Å². The van der Waals surface area contributed by atoms with Crippen molar-refractivity contribution in [1.82, 2.24) is 10.2 Å². The lowest BCUT2D eigenvalue weighted by Gasteiger charge is -2.49. The summed E-state index contributed by atoms with van der Waals surface area (Å²) in [4.78, 5) is 24.6. The number of nitrogens with two attached hydrogens (primary N) is 1. The Morgan fingerprint density at radius 1 is 1.47 bits per heavy atom. The highest BCUT2D eigenvalue weighted by Gasteiger charge is 2.48. The van der Waals surface area contributed by atoms with Crippen LogP contribution >= 0.6 is 0 Å². The molecular formula is C10H17N3O2. The Morgan fingerprint density at radius 2 is 2.13 bits per heavy atom. The number of hydrogen-bond donors (Lipinski definition) is 2. The predicted octanol–water partition coefficient (Wildman–Crippen LogP) is -0.929. The molecule has 2 saturated heterocycles. The highest BCUT2D eigenvalue weighted by molar-refractivity contribution is 5.91. The number of nitrogens with one attached hydrogen (secondary N) is 1. The summed E-state index contributed by atoms with van der Waals surface area (Å²) in [6, 6.07) is -0.532. The molecule has 2 amide bonds. The molecule has 2 heterocycles. The van der Waals surface area contributed by atoms with Crippen LogP contribution in [0.1, 0.15) is 20.3 Å². The quantitative estimate of drug-likeness (QED) is 0.619. The van der Waals surface area contributed by atoms with Gasteiger partial charge in [-0.3, -0.25) is 9.59 Å². The number of amides is 2. The first-order valence-corrected chi connectivity index (χ1v) is 5.27. The summed E-state index contributed by atoms with van der Waals surface area (Å²) in [5, 5.41) is 3.10. The Balaban J connectivity index is 2.00. The van der Waals surface area contributed by atoms with Crippen molar-refractivity contribution in [1.29, 1.82) is 0 Å². The van der Waals surface area contributed by atoms with Gasteiger partial charge in [-0.2, -0.15) is 0 Å². The molecule has 0 aromatic rings. The fraction of sp³-hybridized carbons (Fsp3) is 0.800. The number of carbonyl (C=O) groups is 2.